The van der Waals surface area contributed by atoms with Crippen LogP contribution in [-0.4, -0.2) is 11.2 Å². The van der Waals surface area contributed by atoms with Crippen LogP contribution in [0.25, 0.3) is 0 Å². The second-order valence-corrected chi connectivity index (χ2v) is 6.68. The van der Waals surface area contributed by atoms with Crippen molar-refractivity contribution in [2.45, 2.75) is 31.2 Å². The van der Waals surface area contributed by atoms with Gasteiger partial charge in [0.05, 0.1) is 11.1 Å². The van der Waals surface area contributed by atoms with Crippen molar-refractivity contribution in [3.8, 4) is 0 Å². The van der Waals surface area contributed by atoms with Crippen LogP contribution >= 0.6 is 12.2 Å². The lowest BCUT2D eigenvalue weighted by molar-refractivity contribution is -0.143. The summed E-state index contributed by atoms with van der Waals surface area (Å²) >= 11 is 5.07. The number of nitrogens with one attached hydrogen (secondary N) is 2. The van der Waals surface area contributed by atoms with E-state index in [1.807, 2.05) is 24.3 Å². The van der Waals surface area contributed by atoms with Crippen molar-refractivity contribution in [2.24, 2.45) is 0 Å². The fraction of sp³-hybridized carbons (Fsp3) is 0.278. The molecule has 144 valence electrons. The summed E-state index contributed by atoms with van der Waals surface area (Å²) in [5.41, 5.74) is -0.885. The van der Waals surface area contributed by atoms with E-state index in [0.717, 1.165) is 11.1 Å². The van der Waals surface area contributed by atoms with Crippen LogP contribution in [0.15, 0.2) is 42.5 Å². The van der Waals surface area contributed by atoms with Gasteiger partial charge in [0.1, 0.15) is 0 Å². The highest BCUT2D eigenvalue weighted by Gasteiger charge is 2.37. The van der Waals surface area contributed by atoms with E-state index in [9.17, 15) is 26.3 Å². The first-order chi connectivity index (χ1) is 12.5. The zero-order chi connectivity index (χ0) is 19.8. The lowest BCUT2D eigenvalue weighted by Gasteiger charge is -2.18. The van der Waals surface area contributed by atoms with Crippen LogP contribution in [0, 0.1) is 0 Å². The molecule has 0 aromatic heterocycles. The van der Waals surface area contributed by atoms with Crippen molar-refractivity contribution in [3.63, 3.8) is 0 Å². The molecule has 0 spiro atoms. The van der Waals surface area contributed by atoms with Gasteiger partial charge in [0.25, 0.3) is 0 Å². The molecule has 0 atom stereocenters. The fourth-order valence-electron chi connectivity index (χ4n) is 3.04. The lowest BCUT2D eigenvalue weighted by atomic mass is 10.1. The van der Waals surface area contributed by atoms with Gasteiger partial charge in [-0.15, -0.1) is 0 Å². The van der Waals surface area contributed by atoms with Crippen LogP contribution in [0.1, 0.15) is 22.3 Å². The smallest absolute Gasteiger partial charge is 0.359 e. The van der Waals surface area contributed by atoms with E-state index < -0.39 is 23.5 Å². The Kier molecular flexibility index (Phi) is 5.07. The molecule has 1 aliphatic carbocycles. The average molecular weight is 404 g/mol. The molecule has 3 rings (SSSR count). The number of hydrogen-bond acceptors (Lipinski definition) is 1. The van der Waals surface area contributed by atoms with E-state index in [-0.39, 0.29) is 22.9 Å². The van der Waals surface area contributed by atoms with Crippen molar-refractivity contribution in [1.29, 1.82) is 0 Å². The maximum atomic E-state index is 12.9. The topological polar surface area (TPSA) is 24.1 Å². The zero-order valence-corrected chi connectivity index (χ0v) is 14.5. The Labute approximate surface area is 156 Å². The van der Waals surface area contributed by atoms with Crippen LogP contribution in [0.5, 0.6) is 0 Å². The first-order valence-electron chi connectivity index (χ1n) is 7.96. The van der Waals surface area contributed by atoms with E-state index in [0.29, 0.717) is 25.0 Å². The van der Waals surface area contributed by atoms with Crippen molar-refractivity contribution in [2.75, 3.05) is 5.32 Å². The monoisotopic (exact) mass is 404 g/mol. The molecule has 1 aliphatic rings. The Bertz CT molecular complexity index is 802. The van der Waals surface area contributed by atoms with Gasteiger partial charge < -0.3 is 10.6 Å². The number of benzene rings is 2. The van der Waals surface area contributed by atoms with Gasteiger partial charge in [-0.2, -0.15) is 26.3 Å². The number of rotatable bonds is 2. The molecule has 0 aliphatic heterocycles. The minimum Gasteiger partial charge on any atom is -0.359 e. The summed E-state index contributed by atoms with van der Waals surface area (Å²) in [5, 5.41) is 5.36. The van der Waals surface area contributed by atoms with Gasteiger partial charge in [0.15, 0.2) is 5.11 Å². The van der Waals surface area contributed by atoms with Gasteiger partial charge >= 0.3 is 12.4 Å². The van der Waals surface area contributed by atoms with Crippen LogP contribution in [0.2, 0.25) is 0 Å². The molecule has 0 fully saturated rings. The quantitative estimate of drug-likeness (QED) is 0.533. The summed E-state index contributed by atoms with van der Waals surface area (Å²) in [4.78, 5) is 0. The highest BCUT2D eigenvalue weighted by Crippen LogP contribution is 2.37. The molecule has 2 aromatic rings. The number of halogens is 6. The third kappa shape index (κ3) is 4.71. The van der Waals surface area contributed by atoms with E-state index in [2.05, 4.69) is 10.6 Å². The van der Waals surface area contributed by atoms with E-state index in [1.54, 1.807) is 0 Å². The predicted molar refractivity (Wildman–Crippen MR) is 93.4 cm³/mol. The second kappa shape index (κ2) is 7.03. The molecular formula is C18H14F6N2S. The second-order valence-electron chi connectivity index (χ2n) is 6.27. The first kappa shape index (κ1) is 19.5. The summed E-state index contributed by atoms with van der Waals surface area (Å²) < 4.78 is 77.5. The van der Waals surface area contributed by atoms with Crippen LogP contribution < -0.4 is 10.6 Å². The third-order valence-corrected chi connectivity index (χ3v) is 4.45. The first-order valence-corrected chi connectivity index (χ1v) is 8.37. The third-order valence-electron chi connectivity index (χ3n) is 4.23. The average Bonchev–Trinajstić information content (AvgIpc) is 2.94. The highest BCUT2D eigenvalue weighted by atomic mass is 32.1. The van der Waals surface area contributed by atoms with Gasteiger partial charge in [-0.3, -0.25) is 0 Å². The van der Waals surface area contributed by atoms with Gasteiger partial charge in [-0.1, -0.05) is 24.3 Å². The van der Waals surface area contributed by atoms with Crippen molar-refractivity contribution < 1.29 is 26.3 Å². The molecule has 0 radical (unpaired) electrons. The predicted octanol–water partition coefficient (Wildman–Crippen LogP) is 5.18. The number of hydrogen-bond donors (Lipinski definition) is 2. The lowest BCUT2D eigenvalue weighted by Crippen LogP contribution is -2.38. The Morgan fingerprint density at radius 3 is 1.78 bits per heavy atom. The zero-order valence-electron chi connectivity index (χ0n) is 13.7. The SMILES string of the molecule is FC(F)(F)c1cc(NC(=S)NC2Cc3ccccc3C2)cc(C(F)(F)F)c1. The molecule has 0 amide bonds. The molecule has 0 heterocycles. The minimum absolute atomic E-state index is 0.0275. The number of thiocarbonyl (C=S) groups is 1. The van der Waals surface area contributed by atoms with Crippen molar-refractivity contribution >= 4 is 23.0 Å². The summed E-state index contributed by atoms with van der Waals surface area (Å²) in [6.07, 6.45) is -8.46. The Morgan fingerprint density at radius 1 is 0.852 bits per heavy atom. The molecule has 0 saturated carbocycles. The molecular weight excluding hydrogens is 390 g/mol. The van der Waals surface area contributed by atoms with Crippen LogP contribution in [0.4, 0.5) is 32.0 Å². The molecule has 9 heteroatoms. The Morgan fingerprint density at radius 2 is 1.33 bits per heavy atom. The van der Waals surface area contributed by atoms with Gasteiger partial charge in [-0.25, -0.2) is 0 Å². The summed E-state index contributed by atoms with van der Waals surface area (Å²) in [5.74, 6) is 0. The molecule has 2 N–H and O–H groups in total. The molecule has 0 saturated heterocycles. The largest absolute Gasteiger partial charge is 0.416 e. The Hall–Kier alpha value is -2.29. The fourth-order valence-corrected chi connectivity index (χ4v) is 3.33. The molecule has 2 nitrogen and oxygen atoms in total. The summed E-state index contributed by atoms with van der Waals surface area (Å²) in [6.45, 7) is 0. The highest BCUT2D eigenvalue weighted by molar-refractivity contribution is 7.80. The van der Waals surface area contributed by atoms with E-state index in [4.69, 9.17) is 12.2 Å². The van der Waals surface area contributed by atoms with Crippen molar-refractivity contribution in [3.05, 3.63) is 64.7 Å². The normalized spacial score (nSPS) is 14.7. The molecule has 2 aromatic carbocycles. The van der Waals surface area contributed by atoms with Crippen LogP contribution in [0.3, 0.4) is 0 Å². The van der Waals surface area contributed by atoms with E-state index in [1.165, 1.54) is 0 Å². The minimum atomic E-state index is -4.90. The molecule has 27 heavy (non-hydrogen) atoms. The maximum absolute atomic E-state index is 12.9. The summed E-state index contributed by atoms with van der Waals surface area (Å²) in [6, 6.07) is 8.95. The van der Waals surface area contributed by atoms with Gasteiger partial charge in [-0.05, 0) is 54.4 Å². The summed E-state index contributed by atoms with van der Waals surface area (Å²) in [7, 11) is 0. The number of fused-ring (bicyclic) bond motifs is 1. The number of alkyl halides is 6. The van der Waals surface area contributed by atoms with Crippen molar-refractivity contribution in [1.82, 2.24) is 5.32 Å². The maximum Gasteiger partial charge on any atom is 0.416 e. The molecule has 0 unspecified atom stereocenters. The molecule has 0 bridgehead atoms. The van der Waals surface area contributed by atoms with Gasteiger partial charge in [0, 0.05) is 11.7 Å². The standard InChI is InChI=1S/C18H14F6N2S/c19-17(20,21)12-7-13(18(22,23)24)9-15(8-12)26-16(27)25-14-5-10-3-1-2-4-11(10)6-14/h1-4,7-9,14H,5-6H2,(H2,25,26,27). The van der Waals surface area contributed by atoms with E-state index >= 15 is 0 Å². The number of anilines is 1. The van der Waals surface area contributed by atoms with Crippen LogP contribution in [-0.2, 0) is 25.2 Å². The Balaban J connectivity index is 1.74. The van der Waals surface area contributed by atoms with Gasteiger partial charge in [0.2, 0.25) is 0 Å².